The van der Waals surface area contributed by atoms with E-state index < -0.39 is 6.10 Å². The average Bonchev–Trinajstić information content (AvgIpc) is 2.46. The quantitative estimate of drug-likeness (QED) is 0.355. The second-order valence-corrected chi connectivity index (χ2v) is 4.91. The molecule has 19 heavy (non-hydrogen) atoms. The first-order valence-electron chi connectivity index (χ1n) is 5.61. The number of nitrogens with zero attached hydrogens (tertiary/aromatic N) is 3. The van der Waals surface area contributed by atoms with E-state index in [0.717, 1.165) is 4.47 Å². The van der Waals surface area contributed by atoms with Crippen molar-refractivity contribution in [3.63, 3.8) is 0 Å². The van der Waals surface area contributed by atoms with Crippen LogP contribution in [-0.2, 0) is 4.74 Å². The summed E-state index contributed by atoms with van der Waals surface area (Å²) in [6.45, 7) is 1.03. The summed E-state index contributed by atoms with van der Waals surface area (Å²) in [5.74, 6) is -0.243. The Kier molecular flexibility index (Phi) is 4.33. The Balaban J connectivity index is 2.09. The Hall–Kier alpha value is -1.67. The third-order valence-corrected chi connectivity index (χ3v) is 3.21. The molecule has 3 N–H and O–H groups in total. The second-order valence-electron chi connectivity index (χ2n) is 4.00. The fraction of sp³-hybridized carbons (Fsp3) is 0.364. The normalized spacial score (nSPS) is 20.4. The molecule has 102 valence electrons. The maximum Gasteiger partial charge on any atom is 0.272 e. The van der Waals surface area contributed by atoms with Crippen molar-refractivity contribution >= 4 is 27.7 Å². The number of carbonyl (C=O) groups is 1. The number of ether oxygens (including phenoxy) is 1. The fourth-order valence-electron chi connectivity index (χ4n) is 1.74. The summed E-state index contributed by atoms with van der Waals surface area (Å²) in [4.78, 5) is 17.8. The van der Waals surface area contributed by atoms with Gasteiger partial charge in [-0.15, -0.1) is 0 Å². The molecule has 1 saturated heterocycles. The zero-order valence-corrected chi connectivity index (χ0v) is 11.6. The molecular formula is C11H13BrN4O3. The molecule has 1 aliphatic rings. The maximum atomic E-state index is 12.2. The number of pyridine rings is 1. The van der Waals surface area contributed by atoms with Crippen LogP contribution in [-0.4, -0.2) is 52.6 Å². The molecule has 0 aromatic carbocycles. The summed E-state index contributed by atoms with van der Waals surface area (Å²) >= 11 is 3.26. The lowest BCUT2D eigenvalue weighted by atomic mass is 10.2. The lowest BCUT2D eigenvalue weighted by Gasteiger charge is -2.31. The van der Waals surface area contributed by atoms with E-state index in [-0.39, 0.29) is 18.3 Å². The Morgan fingerprint density at radius 2 is 2.42 bits per heavy atom. The van der Waals surface area contributed by atoms with Crippen LogP contribution in [0.25, 0.3) is 0 Å². The highest BCUT2D eigenvalue weighted by molar-refractivity contribution is 9.10. The molecule has 0 spiro atoms. The zero-order chi connectivity index (χ0) is 13.8. The number of halogens is 1. The molecule has 1 aromatic rings. The predicted octanol–water partition coefficient (Wildman–Crippen LogP) is 0.431. The molecule has 1 amide bonds. The predicted molar refractivity (Wildman–Crippen MR) is 71.0 cm³/mol. The number of aromatic nitrogens is 1. The van der Waals surface area contributed by atoms with Crippen LogP contribution in [0, 0.1) is 0 Å². The highest BCUT2D eigenvalue weighted by Gasteiger charge is 2.28. The number of rotatable bonds is 2. The van der Waals surface area contributed by atoms with E-state index in [1.165, 1.54) is 0 Å². The van der Waals surface area contributed by atoms with Gasteiger partial charge in [0.1, 0.15) is 11.8 Å². The van der Waals surface area contributed by atoms with Gasteiger partial charge >= 0.3 is 0 Å². The molecule has 1 unspecified atom stereocenters. The highest BCUT2D eigenvalue weighted by atomic mass is 79.9. The van der Waals surface area contributed by atoms with E-state index in [9.17, 15) is 4.79 Å². The van der Waals surface area contributed by atoms with Crippen molar-refractivity contribution in [2.45, 2.75) is 6.10 Å². The second kappa shape index (κ2) is 5.98. The number of oxime groups is 1. The first kappa shape index (κ1) is 13.8. The van der Waals surface area contributed by atoms with Gasteiger partial charge in [0.15, 0.2) is 5.84 Å². The van der Waals surface area contributed by atoms with Crippen LogP contribution < -0.4 is 5.73 Å². The van der Waals surface area contributed by atoms with E-state index in [4.69, 9.17) is 15.7 Å². The number of nitrogens with two attached hydrogens (primary N) is 1. The van der Waals surface area contributed by atoms with Gasteiger partial charge in [-0.1, -0.05) is 5.16 Å². The van der Waals surface area contributed by atoms with Crippen molar-refractivity contribution in [2.24, 2.45) is 10.9 Å². The van der Waals surface area contributed by atoms with E-state index in [1.54, 1.807) is 23.2 Å². The average molecular weight is 329 g/mol. The van der Waals surface area contributed by atoms with Gasteiger partial charge in [0.25, 0.3) is 5.91 Å². The summed E-state index contributed by atoms with van der Waals surface area (Å²) in [6.07, 6.45) is 0.979. The summed E-state index contributed by atoms with van der Waals surface area (Å²) in [7, 11) is 0. The standard InChI is InChI=1S/C11H13BrN4O3/c12-7-1-2-8(14-5-7)11(17)16-3-4-19-9(6-16)10(13)15-18/h1-2,5,9,18H,3-4,6H2,(H2,13,15). The molecule has 0 saturated carbocycles. The highest BCUT2D eigenvalue weighted by Crippen LogP contribution is 2.12. The SMILES string of the molecule is NC(=NO)C1CN(C(=O)c2ccc(Br)cn2)CCO1. The van der Waals surface area contributed by atoms with Crippen LogP contribution >= 0.6 is 15.9 Å². The largest absolute Gasteiger partial charge is 0.409 e. The number of hydrogen-bond donors (Lipinski definition) is 2. The Labute approximate surface area is 118 Å². The van der Waals surface area contributed by atoms with Gasteiger partial charge in [-0.05, 0) is 28.1 Å². The molecule has 2 rings (SSSR count). The topological polar surface area (TPSA) is 101 Å². The van der Waals surface area contributed by atoms with Crippen molar-refractivity contribution < 1.29 is 14.7 Å². The number of morpholine rings is 1. The monoisotopic (exact) mass is 328 g/mol. The molecule has 1 aliphatic heterocycles. The molecule has 0 aliphatic carbocycles. The molecule has 8 heteroatoms. The first-order chi connectivity index (χ1) is 9.11. The Morgan fingerprint density at radius 3 is 3.05 bits per heavy atom. The van der Waals surface area contributed by atoms with Crippen LogP contribution in [0.5, 0.6) is 0 Å². The molecule has 2 heterocycles. The molecular weight excluding hydrogens is 316 g/mol. The Morgan fingerprint density at radius 1 is 1.63 bits per heavy atom. The van der Waals surface area contributed by atoms with E-state index in [2.05, 4.69) is 26.1 Å². The van der Waals surface area contributed by atoms with Crippen LogP contribution in [0.2, 0.25) is 0 Å². The van der Waals surface area contributed by atoms with Gasteiger partial charge in [-0.3, -0.25) is 4.79 Å². The minimum absolute atomic E-state index is 0.0405. The summed E-state index contributed by atoms with van der Waals surface area (Å²) in [6, 6.07) is 3.39. The molecule has 0 radical (unpaired) electrons. The molecule has 1 atom stereocenters. The third-order valence-electron chi connectivity index (χ3n) is 2.75. The van der Waals surface area contributed by atoms with Crippen molar-refractivity contribution in [2.75, 3.05) is 19.7 Å². The maximum absolute atomic E-state index is 12.2. The van der Waals surface area contributed by atoms with Crippen LogP contribution in [0.1, 0.15) is 10.5 Å². The van der Waals surface area contributed by atoms with Gasteiger partial charge in [-0.25, -0.2) is 4.98 Å². The summed E-state index contributed by atoms with van der Waals surface area (Å²) < 4.78 is 6.13. The smallest absolute Gasteiger partial charge is 0.272 e. The number of carbonyl (C=O) groups excluding carboxylic acids is 1. The molecule has 0 bridgehead atoms. The molecule has 7 nitrogen and oxygen atoms in total. The lowest BCUT2D eigenvalue weighted by Crippen LogP contribution is -2.50. The number of amidine groups is 1. The van der Waals surface area contributed by atoms with Gasteiger partial charge in [0.05, 0.1) is 13.2 Å². The molecule has 1 aromatic heterocycles. The van der Waals surface area contributed by atoms with Crippen molar-refractivity contribution in [3.8, 4) is 0 Å². The molecule has 1 fully saturated rings. The summed E-state index contributed by atoms with van der Waals surface area (Å²) in [5.41, 5.74) is 5.83. The van der Waals surface area contributed by atoms with Crippen LogP contribution in [0.3, 0.4) is 0 Å². The minimum Gasteiger partial charge on any atom is -0.409 e. The first-order valence-corrected chi connectivity index (χ1v) is 6.41. The van der Waals surface area contributed by atoms with Crippen molar-refractivity contribution in [3.05, 3.63) is 28.5 Å². The van der Waals surface area contributed by atoms with Crippen molar-refractivity contribution in [1.82, 2.24) is 9.88 Å². The Bertz CT molecular complexity index is 491. The third kappa shape index (κ3) is 3.21. The van der Waals surface area contributed by atoms with Crippen LogP contribution in [0.4, 0.5) is 0 Å². The van der Waals surface area contributed by atoms with Gasteiger partial charge in [0, 0.05) is 17.2 Å². The minimum atomic E-state index is -0.585. The van der Waals surface area contributed by atoms with E-state index in [0.29, 0.717) is 18.8 Å². The number of hydrogen-bond acceptors (Lipinski definition) is 5. The lowest BCUT2D eigenvalue weighted by molar-refractivity contribution is 0.00648. The van der Waals surface area contributed by atoms with E-state index >= 15 is 0 Å². The van der Waals surface area contributed by atoms with Gasteiger partial charge < -0.3 is 20.6 Å². The zero-order valence-electron chi connectivity index (χ0n) is 9.99. The number of amides is 1. The fourth-order valence-corrected chi connectivity index (χ4v) is 1.98. The summed E-state index contributed by atoms with van der Waals surface area (Å²) in [5, 5.41) is 11.5. The van der Waals surface area contributed by atoms with Crippen LogP contribution in [0.15, 0.2) is 28.0 Å². The van der Waals surface area contributed by atoms with Gasteiger partial charge in [-0.2, -0.15) is 0 Å². The van der Waals surface area contributed by atoms with Crippen molar-refractivity contribution in [1.29, 1.82) is 0 Å². The van der Waals surface area contributed by atoms with E-state index in [1.807, 2.05) is 0 Å². The van der Waals surface area contributed by atoms with Gasteiger partial charge in [0.2, 0.25) is 0 Å².